The van der Waals surface area contributed by atoms with E-state index in [1.165, 1.54) is 6.42 Å². The van der Waals surface area contributed by atoms with Gasteiger partial charge in [-0.1, -0.05) is 24.6 Å². The van der Waals surface area contributed by atoms with Crippen LogP contribution in [0.2, 0.25) is 0 Å². The predicted molar refractivity (Wildman–Crippen MR) is 130 cm³/mol. The fraction of sp³-hybridized carbons (Fsp3) is 0.360. The zero-order valence-corrected chi connectivity index (χ0v) is 20.8. The lowest BCUT2D eigenvalue weighted by Gasteiger charge is -2.30. The monoisotopic (exact) mass is 515 g/mol. The second-order valence-electron chi connectivity index (χ2n) is 9.72. The summed E-state index contributed by atoms with van der Waals surface area (Å²) >= 11 is 0. The molecule has 190 valence electrons. The number of hydrogen-bond donors (Lipinski definition) is 3. The maximum Gasteiger partial charge on any atom is 0.257 e. The number of nitrogens with zero attached hydrogens (tertiary/aromatic N) is 2. The largest absolute Gasteiger partial charge is 0.310 e. The zero-order valence-electron chi connectivity index (χ0n) is 19.9. The average molecular weight is 516 g/mol. The number of amides is 1. The Balaban J connectivity index is 1.39. The van der Waals surface area contributed by atoms with Crippen molar-refractivity contribution in [2.45, 2.75) is 62.7 Å². The summed E-state index contributed by atoms with van der Waals surface area (Å²) in [5.41, 5.74) is 1.25. The van der Waals surface area contributed by atoms with Gasteiger partial charge in [0.1, 0.15) is 11.6 Å². The van der Waals surface area contributed by atoms with Gasteiger partial charge in [0.2, 0.25) is 10.0 Å². The van der Waals surface area contributed by atoms with Crippen molar-refractivity contribution in [2.24, 2.45) is 0 Å². The summed E-state index contributed by atoms with van der Waals surface area (Å²) in [6.07, 6.45) is 3.47. The van der Waals surface area contributed by atoms with Crippen molar-refractivity contribution in [3.63, 3.8) is 0 Å². The van der Waals surface area contributed by atoms with Crippen LogP contribution in [0, 0.1) is 11.6 Å². The number of hydrogen-bond acceptors (Lipinski definition) is 5. The number of halogens is 2. The smallest absolute Gasteiger partial charge is 0.257 e. The van der Waals surface area contributed by atoms with E-state index in [9.17, 15) is 22.0 Å². The Morgan fingerprint density at radius 2 is 1.86 bits per heavy atom. The first-order valence-corrected chi connectivity index (χ1v) is 13.2. The van der Waals surface area contributed by atoms with E-state index in [0.717, 1.165) is 34.8 Å². The summed E-state index contributed by atoms with van der Waals surface area (Å²) in [6.45, 7) is 3.77. The van der Waals surface area contributed by atoms with Gasteiger partial charge in [-0.3, -0.25) is 9.89 Å². The number of aromatic nitrogens is 2. The van der Waals surface area contributed by atoms with Crippen molar-refractivity contribution in [1.29, 1.82) is 0 Å². The molecule has 0 atom stereocenters. The Morgan fingerprint density at radius 3 is 2.53 bits per heavy atom. The zero-order chi connectivity index (χ0) is 25.7. The first-order chi connectivity index (χ1) is 17.1. The summed E-state index contributed by atoms with van der Waals surface area (Å²) in [5, 5.41) is 13.3. The van der Waals surface area contributed by atoms with Gasteiger partial charge in [-0.25, -0.2) is 17.2 Å². The van der Waals surface area contributed by atoms with Crippen LogP contribution in [0.1, 0.15) is 60.3 Å². The molecule has 0 spiro atoms. The Morgan fingerprint density at radius 1 is 1.17 bits per heavy atom. The lowest BCUT2D eigenvalue weighted by Crippen LogP contribution is -2.40. The van der Waals surface area contributed by atoms with E-state index < -0.39 is 32.1 Å². The van der Waals surface area contributed by atoms with Gasteiger partial charge in [0.15, 0.2) is 5.82 Å². The summed E-state index contributed by atoms with van der Waals surface area (Å²) in [7, 11) is -4.26. The molecule has 5 rings (SSSR count). The lowest BCUT2D eigenvalue weighted by molar-refractivity contribution is 0.102. The highest BCUT2D eigenvalue weighted by Crippen LogP contribution is 2.44. The second-order valence-corrected chi connectivity index (χ2v) is 11.6. The molecule has 2 heterocycles. The number of benzene rings is 2. The van der Waals surface area contributed by atoms with Crippen LogP contribution >= 0.6 is 0 Å². The molecular formula is C25H27F2N5O3S. The maximum atomic E-state index is 13.8. The number of aromatic amines is 1. The lowest BCUT2D eigenvalue weighted by atomic mass is 9.93. The van der Waals surface area contributed by atoms with E-state index in [1.54, 1.807) is 26.0 Å². The van der Waals surface area contributed by atoms with Gasteiger partial charge in [-0.2, -0.15) is 9.40 Å². The van der Waals surface area contributed by atoms with Crippen molar-refractivity contribution in [2.75, 3.05) is 5.32 Å². The first kappa shape index (κ1) is 24.5. The fourth-order valence-corrected chi connectivity index (χ4v) is 6.49. The van der Waals surface area contributed by atoms with Gasteiger partial charge in [0.25, 0.3) is 5.91 Å². The van der Waals surface area contributed by atoms with E-state index in [4.69, 9.17) is 0 Å². The normalized spacial score (nSPS) is 17.6. The quantitative estimate of drug-likeness (QED) is 0.441. The van der Waals surface area contributed by atoms with E-state index >= 15 is 0 Å². The summed E-state index contributed by atoms with van der Waals surface area (Å²) in [6, 6.07) is 9.96. The van der Waals surface area contributed by atoms with E-state index in [1.807, 2.05) is 12.1 Å². The summed E-state index contributed by atoms with van der Waals surface area (Å²) in [5.74, 6) is -2.11. The van der Waals surface area contributed by atoms with Crippen molar-refractivity contribution >= 4 is 21.7 Å². The van der Waals surface area contributed by atoms with Crippen molar-refractivity contribution < 1.29 is 22.0 Å². The van der Waals surface area contributed by atoms with Crippen LogP contribution in [0.15, 0.2) is 47.4 Å². The highest BCUT2D eigenvalue weighted by atomic mass is 32.2. The van der Waals surface area contributed by atoms with Crippen LogP contribution in [0.4, 0.5) is 14.6 Å². The topological polar surface area (TPSA) is 107 Å². The predicted octanol–water partition coefficient (Wildman–Crippen LogP) is 4.02. The van der Waals surface area contributed by atoms with E-state index in [0.29, 0.717) is 35.5 Å². The number of carbonyl (C=O) groups excluding carboxylic acids is 1. The van der Waals surface area contributed by atoms with Crippen LogP contribution in [-0.2, 0) is 28.7 Å². The number of H-pyrrole nitrogens is 1. The first-order valence-electron chi connectivity index (χ1n) is 11.8. The van der Waals surface area contributed by atoms with Crippen LogP contribution in [0.25, 0.3) is 0 Å². The molecule has 3 aromatic rings. The van der Waals surface area contributed by atoms with Crippen LogP contribution in [-0.4, -0.2) is 34.9 Å². The van der Waals surface area contributed by atoms with Gasteiger partial charge in [-0.05, 0) is 50.5 Å². The van der Waals surface area contributed by atoms with Gasteiger partial charge >= 0.3 is 0 Å². The Labute approximate surface area is 208 Å². The minimum atomic E-state index is -4.26. The highest BCUT2D eigenvalue weighted by Gasteiger charge is 2.48. The summed E-state index contributed by atoms with van der Waals surface area (Å²) in [4.78, 5) is 12.7. The number of rotatable bonds is 7. The van der Waals surface area contributed by atoms with Crippen molar-refractivity contribution in [1.82, 2.24) is 19.8 Å². The SMILES string of the molecule is CC1(C)c2[nH]nc(NC(=O)c3ccccc3CNC3CCC3)c2CN1S(=O)(=O)c1cc(F)cc(F)c1. The Kier molecular flexibility index (Phi) is 6.17. The molecule has 8 nitrogen and oxygen atoms in total. The molecule has 0 saturated heterocycles. The third-order valence-electron chi connectivity index (χ3n) is 7.01. The second kappa shape index (κ2) is 9.06. The molecule has 1 aromatic heterocycles. The molecule has 0 radical (unpaired) electrons. The molecule has 1 saturated carbocycles. The maximum absolute atomic E-state index is 13.8. The Bertz CT molecular complexity index is 1410. The third-order valence-corrected chi connectivity index (χ3v) is 9.01. The summed E-state index contributed by atoms with van der Waals surface area (Å²) < 4.78 is 55.4. The number of fused-ring (bicyclic) bond motifs is 1. The minimum absolute atomic E-state index is 0.125. The van der Waals surface area contributed by atoms with Gasteiger partial charge in [0.05, 0.1) is 16.1 Å². The van der Waals surface area contributed by atoms with Crippen LogP contribution in [0.3, 0.4) is 0 Å². The average Bonchev–Trinajstić information content (AvgIpc) is 3.30. The molecule has 0 bridgehead atoms. The van der Waals surface area contributed by atoms with Crippen LogP contribution in [0.5, 0.6) is 0 Å². The molecule has 1 fully saturated rings. The standard InChI is InChI=1S/C25H27F2N5O3S/c1-25(2)22-21(14-32(25)36(34,35)19-11-16(26)10-17(27)12-19)23(31-30-22)29-24(33)20-9-4-3-6-15(20)13-28-18-7-5-8-18/h3-4,6,9-12,18,28H,5,7-8,13-14H2,1-2H3,(H2,29,30,31,33). The van der Waals surface area contributed by atoms with Gasteiger partial charge < -0.3 is 10.6 Å². The van der Waals surface area contributed by atoms with Crippen molar-refractivity contribution in [3.8, 4) is 0 Å². The van der Waals surface area contributed by atoms with Crippen molar-refractivity contribution in [3.05, 3.63) is 76.5 Å². The molecule has 1 aliphatic carbocycles. The molecule has 11 heteroatoms. The number of anilines is 1. The van der Waals surface area contributed by atoms with Crippen LogP contribution < -0.4 is 10.6 Å². The van der Waals surface area contributed by atoms with E-state index in [-0.39, 0.29) is 18.3 Å². The molecule has 3 N–H and O–H groups in total. The third kappa shape index (κ3) is 4.31. The fourth-order valence-electron chi connectivity index (χ4n) is 4.72. The Hall–Kier alpha value is -3.15. The molecule has 36 heavy (non-hydrogen) atoms. The molecular weight excluding hydrogens is 488 g/mol. The van der Waals surface area contributed by atoms with E-state index in [2.05, 4.69) is 20.8 Å². The number of sulfonamides is 1. The number of nitrogens with one attached hydrogen (secondary N) is 3. The minimum Gasteiger partial charge on any atom is -0.310 e. The number of carbonyl (C=O) groups is 1. The molecule has 2 aliphatic rings. The molecule has 0 unspecified atom stereocenters. The van der Waals surface area contributed by atoms with Gasteiger partial charge in [0, 0.05) is 36.3 Å². The van der Waals surface area contributed by atoms with Gasteiger partial charge in [-0.15, -0.1) is 0 Å². The highest BCUT2D eigenvalue weighted by molar-refractivity contribution is 7.89. The molecule has 2 aromatic carbocycles. The molecule has 1 aliphatic heterocycles. The molecule has 1 amide bonds.